The molecule has 30 heavy (non-hydrogen) atoms. The molecular weight excluding hydrogens is 495 g/mol. The number of hydrogen-bond donors (Lipinski definition) is 1. The van der Waals surface area contributed by atoms with Gasteiger partial charge in [-0.05, 0) is 58.3 Å². The van der Waals surface area contributed by atoms with Crippen molar-refractivity contribution in [3.05, 3.63) is 77.8 Å². The lowest BCUT2D eigenvalue weighted by atomic mass is 9.97. The predicted octanol–water partition coefficient (Wildman–Crippen LogP) is 3.88. The van der Waals surface area contributed by atoms with Crippen molar-refractivity contribution in [3.8, 4) is 0 Å². The minimum absolute atomic E-state index is 0.00312. The summed E-state index contributed by atoms with van der Waals surface area (Å²) < 4.78 is 15.9. The first-order valence-electron chi connectivity index (χ1n) is 9.10. The maximum Gasteiger partial charge on any atom is 0.352 e. The highest BCUT2D eigenvalue weighted by Gasteiger charge is 2.25. The smallest absolute Gasteiger partial charge is 0.352 e. The summed E-state index contributed by atoms with van der Waals surface area (Å²) >= 11 is 10.8. The molecule has 0 saturated carbocycles. The SMILES string of the molecule is Cc1nc(N2CC=C(c3ccc(F)c(Cl)c3)[C@@H](O)C2)nc(=O)n1Cc1ccc(Br)s1. The van der Waals surface area contributed by atoms with Crippen molar-refractivity contribution >= 4 is 50.4 Å². The number of β-amino-alcohol motifs (C(OH)–C–C–N with tert-alkyl or cyclic N) is 1. The molecule has 1 atom stereocenters. The molecule has 3 heterocycles. The molecule has 0 aliphatic carbocycles. The molecular formula is C20H17BrClFN4O2S. The highest BCUT2D eigenvalue weighted by molar-refractivity contribution is 9.11. The van der Waals surface area contributed by atoms with Crippen molar-refractivity contribution in [1.82, 2.24) is 14.5 Å². The highest BCUT2D eigenvalue weighted by atomic mass is 79.9. The standard InChI is InChI=1S/C20H17BrClFN4O2S/c1-11-24-19(25-20(29)27(11)9-13-3-5-18(21)30-13)26-7-6-14(17(28)10-26)12-2-4-16(23)15(22)8-12/h2-6,8,17,28H,7,9-10H2,1H3/t17-/m0/s1. The molecule has 0 saturated heterocycles. The minimum atomic E-state index is -0.852. The van der Waals surface area contributed by atoms with Crippen LogP contribution in [0.15, 0.2) is 45.0 Å². The first-order chi connectivity index (χ1) is 14.3. The van der Waals surface area contributed by atoms with E-state index in [9.17, 15) is 14.3 Å². The fourth-order valence-electron chi connectivity index (χ4n) is 3.31. The summed E-state index contributed by atoms with van der Waals surface area (Å²) in [6.45, 7) is 2.78. The number of nitrogens with zero attached hydrogens (tertiary/aromatic N) is 4. The van der Waals surface area contributed by atoms with E-state index in [0.717, 1.165) is 8.66 Å². The first kappa shape index (κ1) is 21.2. The van der Waals surface area contributed by atoms with Crippen molar-refractivity contribution in [2.24, 2.45) is 0 Å². The molecule has 4 rings (SSSR count). The Labute approximate surface area is 189 Å². The zero-order valence-electron chi connectivity index (χ0n) is 15.8. The molecule has 0 bridgehead atoms. The van der Waals surface area contributed by atoms with Crippen LogP contribution in [0.1, 0.15) is 16.3 Å². The monoisotopic (exact) mass is 510 g/mol. The van der Waals surface area contributed by atoms with Crippen molar-refractivity contribution in [3.63, 3.8) is 0 Å². The van der Waals surface area contributed by atoms with E-state index in [4.69, 9.17) is 11.6 Å². The van der Waals surface area contributed by atoms with Gasteiger partial charge in [0.2, 0.25) is 5.95 Å². The lowest BCUT2D eigenvalue weighted by molar-refractivity contribution is 0.233. The molecule has 0 amide bonds. The predicted molar refractivity (Wildman–Crippen MR) is 120 cm³/mol. The van der Waals surface area contributed by atoms with Crippen LogP contribution >= 0.6 is 38.9 Å². The van der Waals surface area contributed by atoms with Crippen molar-refractivity contribution in [2.45, 2.75) is 19.6 Å². The fourth-order valence-corrected chi connectivity index (χ4v) is 4.96. The van der Waals surface area contributed by atoms with Crippen LogP contribution in [0.25, 0.3) is 5.57 Å². The van der Waals surface area contributed by atoms with Gasteiger partial charge in [0.1, 0.15) is 11.6 Å². The average Bonchev–Trinajstić information content (AvgIpc) is 3.11. The summed E-state index contributed by atoms with van der Waals surface area (Å²) in [6, 6.07) is 8.23. The second-order valence-corrected chi connectivity index (χ2v) is 9.81. The third-order valence-electron chi connectivity index (χ3n) is 4.84. The molecule has 0 spiro atoms. The van der Waals surface area contributed by atoms with Crippen molar-refractivity contribution < 1.29 is 9.50 Å². The molecule has 1 aliphatic heterocycles. The molecule has 1 aromatic carbocycles. The zero-order valence-corrected chi connectivity index (χ0v) is 19.0. The van der Waals surface area contributed by atoms with Gasteiger partial charge in [0.15, 0.2) is 0 Å². The molecule has 2 aromatic heterocycles. The van der Waals surface area contributed by atoms with Crippen LogP contribution < -0.4 is 10.6 Å². The van der Waals surface area contributed by atoms with E-state index in [-0.39, 0.29) is 17.5 Å². The lowest BCUT2D eigenvalue weighted by Gasteiger charge is -2.30. The maximum atomic E-state index is 13.4. The Morgan fingerprint density at radius 3 is 2.77 bits per heavy atom. The van der Waals surface area contributed by atoms with E-state index < -0.39 is 17.6 Å². The number of rotatable bonds is 4. The van der Waals surface area contributed by atoms with Gasteiger partial charge in [-0.1, -0.05) is 23.7 Å². The number of hydrogen-bond acceptors (Lipinski definition) is 6. The molecule has 1 N–H and O–H groups in total. The quantitative estimate of drug-likeness (QED) is 0.576. The molecule has 10 heteroatoms. The van der Waals surface area contributed by atoms with Gasteiger partial charge in [-0.3, -0.25) is 4.57 Å². The van der Waals surface area contributed by atoms with Gasteiger partial charge in [-0.2, -0.15) is 9.97 Å². The van der Waals surface area contributed by atoms with Crippen LogP contribution in [0, 0.1) is 12.7 Å². The van der Waals surface area contributed by atoms with E-state index in [1.54, 1.807) is 29.2 Å². The molecule has 0 radical (unpaired) electrons. The summed E-state index contributed by atoms with van der Waals surface area (Å²) in [5, 5.41) is 10.6. The minimum Gasteiger partial charge on any atom is -0.387 e. The third-order valence-corrected chi connectivity index (χ3v) is 6.74. The normalized spacial score (nSPS) is 16.6. The number of halogens is 3. The van der Waals surface area contributed by atoms with Crippen molar-refractivity contribution in [2.75, 3.05) is 18.0 Å². The second-order valence-electron chi connectivity index (χ2n) is 6.85. The maximum absolute atomic E-state index is 13.4. The first-order valence-corrected chi connectivity index (χ1v) is 11.1. The number of anilines is 1. The molecule has 0 fully saturated rings. The molecule has 6 nitrogen and oxygen atoms in total. The van der Waals surface area contributed by atoms with Gasteiger partial charge in [0, 0.05) is 11.4 Å². The molecule has 1 aliphatic rings. The van der Waals surface area contributed by atoms with Crippen LogP contribution in [0.2, 0.25) is 5.02 Å². The zero-order chi connectivity index (χ0) is 21.4. The number of aromatic nitrogens is 3. The molecule has 3 aromatic rings. The van der Waals surface area contributed by atoms with E-state index in [1.165, 1.54) is 16.7 Å². The Balaban J connectivity index is 1.57. The van der Waals surface area contributed by atoms with E-state index in [0.29, 0.717) is 30.1 Å². The van der Waals surface area contributed by atoms with E-state index in [2.05, 4.69) is 25.9 Å². The average molecular weight is 512 g/mol. The third kappa shape index (κ3) is 4.34. The van der Waals surface area contributed by atoms with Crippen molar-refractivity contribution in [1.29, 1.82) is 0 Å². The number of aliphatic hydroxyl groups is 1. The number of benzene rings is 1. The van der Waals surface area contributed by atoms with Gasteiger partial charge >= 0.3 is 5.69 Å². The Bertz CT molecular complexity index is 1200. The molecule has 156 valence electrons. The lowest BCUT2D eigenvalue weighted by Crippen LogP contribution is -2.40. The van der Waals surface area contributed by atoms with Gasteiger partial charge in [-0.15, -0.1) is 11.3 Å². The Hall–Kier alpha value is -2.07. The fraction of sp³-hybridized carbons (Fsp3) is 0.250. The van der Waals surface area contributed by atoms with Gasteiger partial charge < -0.3 is 10.0 Å². The Morgan fingerprint density at radius 2 is 2.13 bits per heavy atom. The van der Waals surface area contributed by atoms with Crippen LogP contribution in [0.5, 0.6) is 0 Å². The summed E-state index contributed by atoms with van der Waals surface area (Å²) in [5.74, 6) is 0.309. The van der Waals surface area contributed by atoms with Crippen LogP contribution in [-0.4, -0.2) is 38.8 Å². The summed E-state index contributed by atoms with van der Waals surface area (Å²) in [4.78, 5) is 24.0. The molecule has 0 unspecified atom stereocenters. The van der Waals surface area contributed by atoms with Crippen LogP contribution in [-0.2, 0) is 6.54 Å². The van der Waals surface area contributed by atoms with E-state index >= 15 is 0 Å². The summed E-state index contributed by atoms with van der Waals surface area (Å²) in [7, 11) is 0. The largest absolute Gasteiger partial charge is 0.387 e. The Kier molecular flexibility index (Phi) is 6.06. The number of thiophene rings is 1. The highest BCUT2D eigenvalue weighted by Crippen LogP contribution is 2.28. The van der Waals surface area contributed by atoms with Gasteiger partial charge in [-0.25, -0.2) is 9.18 Å². The number of aliphatic hydroxyl groups excluding tert-OH is 1. The second kappa shape index (κ2) is 8.58. The van der Waals surface area contributed by atoms with Gasteiger partial charge in [0.05, 0.1) is 28.0 Å². The topological polar surface area (TPSA) is 71.2 Å². The number of aryl methyl sites for hydroxylation is 1. The van der Waals surface area contributed by atoms with E-state index in [1.807, 2.05) is 18.2 Å². The van der Waals surface area contributed by atoms with Gasteiger partial charge in [0.25, 0.3) is 0 Å². The van der Waals surface area contributed by atoms with Crippen LogP contribution in [0.4, 0.5) is 10.3 Å². The summed E-state index contributed by atoms with van der Waals surface area (Å²) in [5.41, 5.74) is 0.918. The Morgan fingerprint density at radius 1 is 1.33 bits per heavy atom. The summed E-state index contributed by atoms with van der Waals surface area (Å²) in [6.07, 6.45) is 0.959. The van der Waals surface area contributed by atoms with Crippen LogP contribution in [0.3, 0.4) is 0 Å².